The number of hydrogen-bond donors (Lipinski definition) is 1. The largest absolute Gasteiger partial charge is 0.369 e. The van der Waals surface area contributed by atoms with Gasteiger partial charge in [-0.05, 0) is 52.9 Å². The van der Waals surface area contributed by atoms with Crippen LogP contribution in [0.1, 0.15) is 63.1 Å². The van der Waals surface area contributed by atoms with Crippen LogP contribution in [0, 0.1) is 5.92 Å². The van der Waals surface area contributed by atoms with Crippen LogP contribution in [0.2, 0.25) is 0 Å². The number of amides is 1. The topological polar surface area (TPSA) is 55.5 Å². The first-order valence-electron chi connectivity index (χ1n) is 9.54. The highest BCUT2D eigenvalue weighted by Crippen LogP contribution is 2.52. The van der Waals surface area contributed by atoms with E-state index in [0.29, 0.717) is 11.5 Å². The molecule has 0 saturated heterocycles. The van der Waals surface area contributed by atoms with Gasteiger partial charge in [0.2, 0.25) is 5.91 Å². The van der Waals surface area contributed by atoms with Gasteiger partial charge < -0.3 is 5.73 Å². The number of dihydropyridines is 1. The first-order chi connectivity index (χ1) is 12.6. The zero-order chi connectivity index (χ0) is 20.0. The van der Waals surface area contributed by atoms with Gasteiger partial charge in [0, 0.05) is 6.21 Å². The Hall–Kier alpha value is -2.04. The van der Waals surface area contributed by atoms with Crippen LogP contribution in [0.3, 0.4) is 0 Å². The summed E-state index contributed by atoms with van der Waals surface area (Å²) in [6, 6.07) is 4.20. The van der Waals surface area contributed by atoms with Crippen LogP contribution < -0.4 is 5.73 Å². The van der Waals surface area contributed by atoms with Gasteiger partial charge in [-0.25, -0.2) is 8.78 Å². The third-order valence-electron chi connectivity index (χ3n) is 6.01. The predicted octanol–water partition coefficient (Wildman–Crippen LogP) is 4.50. The van der Waals surface area contributed by atoms with Crippen LogP contribution in [-0.2, 0) is 15.6 Å². The minimum absolute atomic E-state index is 0.0777. The van der Waals surface area contributed by atoms with Crippen molar-refractivity contribution in [2.75, 3.05) is 0 Å². The van der Waals surface area contributed by atoms with Crippen molar-refractivity contribution in [1.82, 2.24) is 0 Å². The monoisotopic (exact) mass is 374 g/mol. The molecule has 2 N–H and O–H groups in total. The van der Waals surface area contributed by atoms with Crippen LogP contribution in [0.15, 0.2) is 35.3 Å². The number of carbonyl (C=O) groups is 1. The van der Waals surface area contributed by atoms with Crippen molar-refractivity contribution >= 4 is 12.1 Å². The molecule has 0 bridgehead atoms. The lowest BCUT2D eigenvalue weighted by Crippen LogP contribution is -2.52. The molecule has 3 unspecified atom stereocenters. The molecular weight excluding hydrogens is 346 g/mol. The molecule has 3 nitrogen and oxygen atoms in total. The van der Waals surface area contributed by atoms with E-state index in [1.54, 1.807) is 12.1 Å². The molecule has 0 saturated carbocycles. The maximum atomic E-state index is 13.9. The molecule has 1 aliphatic heterocycles. The van der Waals surface area contributed by atoms with Gasteiger partial charge in [0.25, 0.3) is 6.43 Å². The first-order valence-corrected chi connectivity index (χ1v) is 9.54. The molecule has 3 rings (SSSR count). The molecule has 1 aliphatic carbocycles. The minimum Gasteiger partial charge on any atom is -0.369 e. The Bertz CT molecular complexity index is 798. The first kappa shape index (κ1) is 19.7. The highest BCUT2D eigenvalue weighted by Gasteiger charge is 2.52. The number of aliphatic imine (C=N–C) groups is 1. The Labute approximate surface area is 159 Å². The van der Waals surface area contributed by atoms with Crippen molar-refractivity contribution in [3.8, 4) is 0 Å². The van der Waals surface area contributed by atoms with E-state index < -0.39 is 23.8 Å². The van der Waals surface area contributed by atoms with Crippen molar-refractivity contribution in [3.05, 3.63) is 47.0 Å². The second-order valence-corrected chi connectivity index (χ2v) is 8.85. The van der Waals surface area contributed by atoms with Crippen molar-refractivity contribution in [3.63, 3.8) is 0 Å². The summed E-state index contributed by atoms with van der Waals surface area (Å²) in [6.45, 7) is 8.66. The second-order valence-electron chi connectivity index (χ2n) is 8.85. The summed E-state index contributed by atoms with van der Waals surface area (Å²) in [5, 5.41) is 0. The summed E-state index contributed by atoms with van der Waals surface area (Å²) in [5.74, 6) is -0.109. The number of rotatable bonds is 5. The highest BCUT2D eigenvalue weighted by molar-refractivity contribution is 5.94. The number of benzene rings is 1. The Morgan fingerprint density at radius 1 is 1.30 bits per heavy atom. The van der Waals surface area contributed by atoms with Gasteiger partial charge in [0.05, 0.1) is 0 Å². The SMILES string of the molecule is CC(C)CC1CC(C)(C)c2cccc(C3(C(N)=O)C=CC=NC3C(F)F)c21. The molecule has 2 aliphatic rings. The molecule has 5 heteroatoms. The smallest absolute Gasteiger partial charge is 0.262 e. The van der Waals surface area contributed by atoms with Gasteiger partial charge >= 0.3 is 0 Å². The number of fused-ring (bicyclic) bond motifs is 1. The molecule has 3 atom stereocenters. The van der Waals surface area contributed by atoms with Gasteiger partial charge in [-0.15, -0.1) is 0 Å². The van der Waals surface area contributed by atoms with Crippen LogP contribution >= 0.6 is 0 Å². The average molecular weight is 374 g/mol. The summed E-state index contributed by atoms with van der Waals surface area (Å²) < 4.78 is 27.8. The van der Waals surface area contributed by atoms with E-state index in [1.165, 1.54) is 12.3 Å². The standard InChI is InChI=1S/C22H28F2N2O/c1-13(2)11-14-12-21(3,4)15-7-5-8-16(17(14)15)22(20(25)27)9-6-10-26-18(22)19(23)24/h5-10,13-14,18-19H,11-12H2,1-4H3,(H2,25,27). The van der Waals surface area contributed by atoms with Crippen molar-refractivity contribution in [2.45, 2.75) is 69.8 Å². The van der Waals surface area contributed by atoms with E-state index in [2.05, 4.69) is 38.8 Å². The normalized spacial score (nSPS) is 28.7. The molecule has 1 aromatic rings. The third kappa shape index (κ3) is 3.11. The van der Waals surface area contributed by atoms with E-state index in [4.69, 9.17) is 5.73 Å². The number of hydrogen-bond acceptors (Lipinski definition) is 2. The van der Waals surface area contributed by atoms with Crippen LogP contribution in [0.4, 0.5) is 8.78 Å². The minimum atomic E-state index is -2.78. The van der Waals surface area contributed by atoms with E-state index >= 15 is 0 Å². The third-order valence-corrected chi connectivity index (χ3v) is 6.01. The quantitative estimate of drug-likeness (QED) is 0.811. The second kappa shape index (κ2) is 6.84. The summed E-state index contributed by atoms with van der Waals surface area (Å²) in [6.07, 6.45) is 3.49. The van der Waals surface area contributed by atoms with Gasteiger partial charge in [0.15, 0.2) is 0 Å². The Morgan fingerprint density at radius 3 is 2.56 bits per heavy atom. The Balaban J connectivity index is 2.28. The lowest BCUT2D eigenvalue weighted by Gasteiger charge is -2.37. The lowest BCUT2D eigenvalue weighted by molar-refractivity contribution is -0.124. The maximum Gasteiger partial charge on any atom is 0.262 e. The summed E-state index contributed by atoms with van der Waals surface area (Å²) in [5.41, 5.74) is 6.82. The summed E-state index contributed by atoms with van der Waals surface area (Å²) in [4.78, 5) is 16.6. The van der Waals surface area contributed by atoms with E-state index in [1.807, 2.05) is 6.07 Å². The molecule has 1 aromatic carbocycles. The number of nitrogens with zero attached hydrogens (tertiary/aromatic N) is 1. The fourth-order valence-electron chi connectivity index (χ4n) is 4.98. The van der Waals surface area contributed by atoms with Gasteiger partial charge in [-0.1, -0.05) is 52.0 Å². The number of primary amides is 1. The summed E-state index contributed by atoms with van der Waals surface area (Å²) >= 11 is 0. The predicted molar refractivity (Wildman–Crippen MR) is 105 cm³/mol. The molecule has 0 radical (unpaired) electrons. The van der Waals surface area contributed by atoms with Gasteiger partial charge in [-0.2, -0.15) is 0 Å². The van der Waals surface area contributed by atoms with E-state index in [9.17, 15) is 13.6 Å². The number of alkyl halides is 2. The fraction of sp³-hybridized carbons (Fsp3) is 0.545. The van der Waals surface area contributed by atoms with Crippen LogP contribution in [0.25, 0.3) is 0 Å². The average Bonchev–Trinajstić information content (AvgIpc) is 2.84. The molecule has 1 amide bonds. The van der Waals surface area contributed by atoms with Crippen molar-refractivity contribution < 1.29 is 13.6 Å². The fourth-order valence-corrected chi connectivity index (χ4v) is 4.98. The van der Waals surface area contributed by atoms with Crippen molar-refractivity contribution in [1.29, 1.82) is 0 Å². The zero-order valence-corrected chi connectivity index (χ0v) is 16.4. The molecule has 1 heterocycles. The van der Waals surface area contributed by atoms with Crippen LogP contribution in [0.5, 0.6) is 0 Å². The molecule has 27 heavy (non-hydrogen) atoms. The van der Waals surface area contributed by atoms with Crippen molar-refractivity contribution in [2.24, 2.45) is 16.6 Å². The number of halogens is 2. The lowest BCUT2D eigenvalue weighted by atomic mass is 9.68. The van der Waals surface area contributed by atoms with Gasteiger partial charge in [0.1, 0.15) is 11.5 Å². The van der Waals surface area contributed by atoms with Gasteiger partial charge in [-0.3, -0.25) is 9.79 Å². The Kier molecular flexibility index (Phi) is 5.00. The van der Waals surface area contributed by atoms with Crippen LogP contribution in [-0.4, -0.2) is 24.6 Å². The molecular formula is C22H28F2N2O. The molecule has 0 aromatic heterocycles. The molecule has 0 spiro atoms. The Morgan fingerprint density at radius 2 is 1.96 bits per heavy atom. The highest BCUT2D eigenvalue weighted by atomic mass is 19.3. The maximum absolute atomic E-state index is 13.9. The molecule has 0 fully saturated rings. The molecule has 146 valence electrons. The number of carbonyl (C=O) groups excluding carboxylic acids is 1. The zero-order valence-electron chi connectivity index (χ0n) is 16.4. The number of allylic oxidation sites excluding steroid dienone is 1. The summed E-state index contributed by atoms with van der Waals surface area (Å²) in [7, 11) is 0. The number of nitrogens with two attached hydrogens (primary N) is 1. The van der Waals surface area contributed by atoms with E-state index in [-0.39, 0.29) is 11.3 Å². The van der Waals surface area contributed by atoms with E-state index in [0.717, 1.165) is 24.0 Å².